The normalized spacial score (nSPS) is 18.0. The number of aromatic amines is 1. The van der Waals surface area contributed by atoms with E-state index in [1.54, 1.807) is 18.2 Å². The summed E-state index contributed by atoms with van der Waals surface area (Å²) in [6, 6.07) is 2.57. The Morgan fingerprint density at radius 2 is 2.03 bits per heavy atom. The number of imidazole rings is 1. The number of amides is 2. The summed E-state index contributed by atoms with van der Waals surface area (Å²) in [5, 5.41) is 0. The lowest BCUT2D eigenvalue weighted by Gasteiger charge is -2.50. The van der Waals surface area contributed by atoms with Crippen molar-refractivity contribution in [3.8, 4) is 0 Å². The fourth-order valence-electron chi connectivity index (χ4n) is 4.49. The van der Waals surface area contributed by atoms with Gasteiger partial charge in [-0.3, -0.25) is 14.4 Å². The summed E-state index contributed by atoms with van der Waals surface area (Å²) in [7, 11) is 1.51. The summed E-state index contributed by atoms with van der Waals surface area (Å²) >= 11 is 0. The van der Waals surface area contributed by atoms with E-state index >= 15 is 0 Å². The van der Waals surface area contributed by atoms with Crippen molar-refractivity contribution in [3.05, 3.63) is 51.6 Å². The average molecular weight is 400 g/mol. The molecule has 0 unspecified atom stereocenters. The van der Waals surface area contributed by atoms with Crippen LogP contribution in [0.5, 0.6) is 0 Å². The van der Waals surface area contributed by atoms with Crippen LogP contribution < -0.4 is 5.43 Å². The van der Waals surface area contributed by atoms with Crippen molar-refractivity contribution in [1.82, 2.24) is 19.8 Å². The third kappa shape index (κ3) is 3.35. The molecule has 29 heavy (non-hydrogen) atoms. The van der Waals surface area contributed by atoms with E-state index in [1.165, 1.54) is 19.2 Å². The van der Waals surface area contributed by atoms with Crippen LogP contribution in [-0.2, 0) is 21.5 Å². The number of nitrogens with zero attached hydrogens (tertiary/aromatic N) is 3. The van der Waals surface area contributed by atoms with Crippen LogP contribution in [0.25, 0.3) is 0 Å². The molecule has 154 valence electrons. The lowest BCUT2D eigenvalue weighted by atomic mass is 9.78. The van der Waals surface area contributed by atoms with E-state index in [2.05, 4.69) is 9.97 Å². The maximum Gasteiger partial charge on any atom is 0.289 e. The number of fused-ring (bicyclic) bond motifs is 2. The molecule has 2 aromatic heterocycles. The molecule has 4 heterocycles. The molecule has 1 fully saturated rings. The van der Waals surface area contributed by atoms with Gasteiger partial charge in [-0.1, -0.05) is 0 Å². The van der Waals surface area contributed by atoms with Crippen LogP contribution in [0.15, 0.2) is 27.7 Å². The molecule has 1 spiro atoms. The molecule has 2 amide bonds. The first-order chi connectivity index (χ1) is 13.9. The van der Waals surface area contributed by atoms with Gasteiger partial charge in [0.25, 0.3) is 5.91 Å². The van der Waals surface area contributed by atoms with E-state index in [0.717, 1.165) is 11.4 Å². The monoisotopic (exact) mass is 400 g/mol. The highest BCUT2D eigenvalue weighted by molar-refractivity contribution is 5.91. The summed E-state index contributed by atoms with van der Waals surface area (Å²) in [5.41, 5.74) is 1.10. The van der Waals surface area contributed by atoms with Crippen LogP contribution in [0.4, 0.5) is 0 Å². The smallest absolute Gasteiger partial charge is 0.289 e. The molecule has 0 bridgehead atoms. The summed E-state index contributed by atoms with van der Waals surface area (Å²) in [5.74, 6) is 0.0561. The fraction of sp³-hybridized carbons (Fsp3) is 0.500. The van der Waals surface area contributed by atoms with Gasteiger partial charge >= 0.3 is 0 Å². The third-order valence-electron chi connectivity index (χ3n) is 5.81. The van der Waals surface area contributed by atoms with Crippen molar-refractivity contribution in [2.75, 3.05) is 33.4 Å². The molecular formula is C20H24N4O5. The molecule has 2 aliphatic rings. The molecule has 2 aromatic rings. The van der Waals surface area contributed by atoms with E-state index in [9.17, 15) is 14.4 Å². The van der Waals surface area contributed by atoms with Gasteiger partial charge in [0.05, 0.1) is 17.6 Å². The number of H-pyrrole nitrogens is 1. The maximum absolute atomic E-state index is 12.9. The van der Waals surface area contributed by atoms with Gasteiger partial charge in [-0.2, -0.15) is 0 Å². The van der Waals surface area contributed by atoms with Crippen LogP contribution in [0.3, 0.4) is 0 Å². The minimum Gasteiger partial charge on any atom is -0.456 e. The number of aryl methyl sites for hydroxylation is 1. The Balaban J connectivity index is 1.59. The standard InChI is InChI=1S/C20H24N4O5/c1-13-9-14(25)10-16(29-13)19(27)23-7-4-20(5-8-23)18-15(21-12-22-18)3-6-24(20)17(26)11-28-2/h9-10,12H,3-8,11H2,1-2H3,(H,21,22). The van der Waals surface area contributed by atoms with Gasteiger partial charge in [0.1, 0.15) is 12.4 Å². The molecule has 0 atom stereocenters. The molecule has 1 N–H and O–H groups in total. The van der Waals surface area contributed by atoms with Crippen molar-refractivity contribution in [3.63, 3.8) is 0 Å². The number of rotatable bonds is 3. The number of methoxy groups -OCH3 is 1. The summed E-state index contributed by atoms with van der Waals surface area (Å²) in [6.45, 7) is 3.10. The van der Waals surface area contributed by atoms with Crippen LogP contribution in [0.2, 0.25) is 0 Å². The zero-order chi connectivity index (χ0) is 20.6. The third-order valence-corrected chi connectivity index (χ3v) is 5.81. The van der Waals surface area contributed by atoms with Gasteiger partial charge in [-0.15, -0.1) is 0 Å². The number of carbonyl (C=O) groups excluding carboxylic acids is 2. The van der Waals surface area contributed by atoms with Crippen molar-refractivity contribution in [1.29, 1.82) is 0 Å². The largest absolute Gasteiger partial charge is 0.456 e. The van der Waals surface area contributed by atoms with Crippen LogP contribution in [-0.4, -0.2) is 64.9 Å². The second kappa shape index (κ2) is 7.47. The van der Waals surface area contributed by atoms with E-state index < -0.39 is 5.54 Å². The van der Waals surface area contributed by atoms with Crippen LogP contribution in [0.1, 0.15) is 40.5 Å². The molecule has 2 aliphatic heterocycles. The lowest BCUT2D eigenvalue weighted by Crippen LogP contribution is -2.59. The zero-order valence-electron chi connectivity index (χ0n) is 16.6. The van der Waals surface area contributed by atoms with Crippen LogP contribution >= 0.6 is 0 Å². The minimum absolute atomic E-state index is 0.0125. The first kappa shape index (κ1) is 19.4. The topological polar surface area (TPSA) is 109 Å². The second-order valence-electron chi connectivity index (χ2n) is 7.55. The number of hydrogen-bond donors (Lipinski definition) is 1. The molecule has 0 saturated carbocycles. The van der Waals surface area contributed by atoms with E-state index in [4.69, 9.17) is 9.15 Å². The number of ether oxygens (including phenoxy) is 1. The average Bonchev–Trinajstić information content (AvgIpc) is 3.18. The minimum atomic E-state index is -0.562. The highest BCUT2D eigenvalue weighted by atomic mass is 16.5. The Morgan fingerprint density at radius 3 is 2.72 bits per heavy atom. The molecule has 1 saturated heterocycles. The van der Waals surface area contributed by atoms with Crippen molar-refractivity contribution in [2.45, 2.75) is 31.7 Å². The summed E-state index contributed by atoms with van der Waals surface area (Å²) < 4.78 is 10.5. The second-order valence-corrected chi connectivity index (χ2v) is 7.55. The molecule has 4 rings (SSSR count). The number of likely N-dealkylation sites (tertiary alicyclic amines) is 1. The van der Waals surface area contributed by atoms with Gasteiger partial charge in [0.2, 0.25) is 5.91 Å². The van der Waals surface area contributed by atoms with Gasteiger partial charge < -0.3 is 23.9 Å². The first-order valence-electron chi connectivity index (χ1n) is 9.68. The fourth-order valence-corrected chi connectivity index (χ4v) is 4.49. The highest BCUT2D eigenvalue weighted by Gasteiger charge is 2.49. The predicted octanol–water partition coefficient (Wildman–Crippen LogP) is 0.834. The summed E-state index contributed by atoms with van der Waals surface area (Å²) in [4.78, 5) is 48.6. The SMILES string of the molecule is COCC(=O)N1CCc2[nH]cnc2C12CCN(C(=O)c1cc(=O)cc(C)o1)CC2. The van der Waals surface area contributed by atoms with Crippen molar-refractivity contribution >= 4 is 11.8 Å². The molecule has 0 radical (unpaired) electrons. The molecule has 0 aliphatic carbocycles. The maximum atomic E-state index is 12.9. The van der Waals surface area contributed by atoms with Gasteiger partial charge in [0, 0.05) is 51.0 Å². The first-order valence-corrected chi connectivity index (χ1v) is 9.68. The molecule has 9 nitrogen and oxygen atoms in total. The van der Waals surface area contributed by atoms with E-state index in [0.29, 0.717) is 44.7 Å². The summed E-state index contributed by atoms with van der Waals surface area (Å²) in [6.07, 6.45) is 3.49. The highest BCUT2D eigenvalue weighted by Crippen LogP contribution is 2.42. The van der Waals surface area contributed by atoms with Crippen LogP contribution in [0, 0.1) is 6.92 Å². The molecular weight excluding hydrogens is 376 g/mol. The number of aromatic nitrogens is 2. The van der Waals surface area contributed by atoms with E-state index in [-0.39, 0.29) is 29.6 Å². The zero-order valence-corrected chi connectivity index (χ0v) is 16.6. The Bertz CT molecular complexity index is 987. The number of piperidine rings is 1. The van der Waals surface area contributed by atoms with Gasteiger partial charge in [0.15, 0.2) is 11.2 Å². The molecule has 9 heteroatoms. The Kier molecular flexibility index (Phi) is 4.99. The Morgan fingerprint density at radius 1 is 1.28 bits per heavy atom. The Labute approximate surface area is 167 Å². The Hall–Kier alpha value is -2.94. The van der Waals surface area contributed by atoms with Crippen molar-refractivity contribution in [2.24, 2.45) is 0 Å². The van der Waals surface area contributed by atoms with Gasteiger partial charge in [-0.25, -0.2) is 4.98 Å². The predicted molar refractivity (Wildman–Crippen MR) is 102 cm³/mol. The number of nitrogens with one attached hydrogen (secondary N) is 1. The van der Waals surface area contributed by atoms with E-state index in [1.807, 2.05) is 4.90 Å². The number of carbonyl (C=O) groups is 2. The van der Waals surface area contributed by atoms with Crippen molar-refractivity contribution < 1.29 is 18.7 Å². The quantitative estimate of drug-likeness (QED) is 0.818. The number of hydrogen-bond acceptors (Lipinski definition) is 6. The van der Waals surface area contributed by atoms with Gasteiger partial charge in [-0.05, 0) is 19.8 Å². The molecule has 0 aromatic carbocycles. The lowest BCUT2D eigenvalue weighted by molar-refractivity contribution is -0.145.